The Morgan fingerprint density at radius 2 is 2.10 bits per heavy atom. The molecule has 1 unspecified atom stereocenters. The van der Waals surface area contributed by atoms with Crippen molar-refractivity contribution >= 4 is 38.1 Å². The first-order valence-electron chi connectivity index (χ1n) is 6.94. The van der Waals surface area contributed by atoms with Crippen LogP contribution in [0.4, 0.5) is 0 Å². The second kappa shape index (κ2) is 7.72. The quantitative estimate of drug-likeness (QED) is 0.683. The van der Waals surface area contributed by atoms with E-state index in [-0.39, 0.29) is 6.10 Å². The zero-order valence-electron chi connectivity index (χ0n) is 12.1. The Hall–Kier alpha value is -0.430. The molecule has 0 amide bonds. The summed E-state index contributed by atoms with van der Waals surface area (Å²) in [6, 6.07) is 4.01. The molecule has 1 aliphatic rings. The third-order valence-electron chi connectivity index (χ3n) is 3.47. The smallest absolute Gasteiger partial charge is 0.150 e. The number of nitrogens with zero attached hydrogens (tertiary/aromatic N) is 1. The van der Waals surface area contributed by atoms with Crippen molar-refractivity contribution in [2.75, 3.05) is 26.3 Å². The third kappa shape index (κ3) is 4.52. The lowest BCUT2D eigenvalue weighted by molar-refractivity contribution is -0.0566. The third-order valence-corrected chi connectivity index (χ3v) is 4.65. The summed E-state index contributed by atoms with van der Waals surface area (Å²) < 4.78 is 13.1. The van der Waals surface area contributed by atoms with Crippen molar-refractivity contribution in [2.24, 2.45) is 0 Å². The van der Waals surface area contributed by atoms with Gasteiger partial charge in [0.1, 0.15) is 24.7 Å². The largest absolute Gasteiger partial charge is 0.488 e. The van der Waals surface area contributed by atoms with Crippen LogP contribution in [-0.4, -0.2) is 49.6 Å². The number of carbonyl (C=O) groups excluding carboxylic acids is 1. The lowest BCUT2D eigenvalue weighted by Crippen LogP contribution is -2.47. The van der Waals surface area contributed by atoms with Gasteiger partial charge in [0.05, 0.1) is 15.6 Å². The highest BCUT2D eigenvalue weighted by Crippen LogP contribution is 2.34. The Morgan fingerprint density at radius 1 is 1.43 bits per heavy atom. The molecule has 2 rings (SSSR count). The minimum atomic E-state index is 0.0608. The Balaban J connectivity index is 1.98. The van der Waals surface area contributed by atoms with Crippen LogP contribution in [0.2, 0.25) is 0 Å². The van der Waals surface area contributed by atoms with Gasteiger partial charge in [-0.05, 0) is 57.8 Å². The van der Waals surface area contributed by atoms with Crippen molar-refractivity contribution in [3.8, 4) is 5.75 Å². The summed E-state index contributed by atoms with van der Waals surface area (Å²) in [7, 11) is 0. The number of hydrogen-bond acceptors (Lipinski definition) is 4. The molecule has 1 fully saturated rings. The standard InChI is InChI=1S/C15H19Br2NO3/c1-10(2)18-3-4-20-12(7-18)9-21-15-13(16)5-11(8-19)6-14(15)17/h5-6,8,10,12H,3-4,7,9H2,1-2H3. The highest BCUT2D eigenvalue weighted by molar-refractivity contribution is 9.11. The molecular weight excluding hydrogens is 402 g/mol. The molecule has 0 N–H and O–H groups in total. The second-order valence-electron chi connectivity index (χ2n) is 5.32. The van der Waals surface area contributed by atoms with Gasteiger partial charge in [-0.2, -0.15) is 0 Å². The van der Waals surface area contributed by atoms with Gasteiger partial charge in [0.25, 0.3) is 0 Å². The van der Waals surface area contributed by atoms with E-state index >= 15 is 0 Å². The number of morpholine rings is 1. The van der Waals surface area contributed by atoms with Crippen LogP contribution < -0.4 is 4.74 Å². The molecule has 0 radical (unpaired) electrons. The molecule has 21 heavy (non-hydrogen) atoms. The van der Waals surface area contributed by atoms with E-state index in [1.54, 1.807) is 12.1 Å². The fraction of sp³-hybridized carbons (Fsp3) is 0.533. The molecule has 1 saturated heterocycles. The van der Waals surface area contributed by atoms with Crippen molar-refractivity contribution in [1.82, 2.24) is 4.90 Å². The van der Waals surface area contributed by atoms with Crippen molar-refractivity contribution in [1.29, 1.82) is 0 Å². The van der Waals surface area contributed by atoms with Crippen LogP contribution in [0.25, 0.3) is 0 Å². The number of ether oxygens (including phenoxy) is 2. The molecule has 0 saturated carbocycles. The topological polar surface area (TPSA) is 38.8 Å². The Bertz CT molecular complexity index is 485. The molecule has 1 aromatic carbocycles. The average molecular weight is 421 g/mol. The second-order valence-corrected chi connectivity index (χ2v) is 7.03. The first-order valence-corrected chi connectivity index (χ1v) is 8.52. The number of carbonyl (C=O) groups is 1. The Kier molecular flexibility index (Phi) is 6.22. The van der Waals surface area contributed by atoms with E-state index in [1.165, 1.54) is 0 Å². The summed E-state index contributed by atoms with van der Waals surface area (Å²) in [5, 5.41) is 0. The molecular formula is C15H19Br2NO3. The van der Waals surface area contributed by atoms with Crippen LogP contribution in [0, 0.1) is 0 Å². The Morgan fingerprint density at radius 3 is 2.67 bits per heavy atom. The van der Waals surface area contributed by atoms with Crippen LogP contribution in [-0.2, 0) is 4.74 Å². The van der Waals surface area contributed by atoms with Gasteiger partial charge in [0.15, 0.2) is 0 Å². The maximum absolute atomic E-state index is 10.8. The summed E-state index contributed by atoms with van der Waals surface area (Å²) in [5.41, 5.74) is 0.598. The number of halogens is 2. The predicted octanol–water partition coefficient (Wildman–Crippen LogP) is 3.51. The van der Waals surface area contributed by atoms with Crippen LogP contribution in [0.15, 0.2) is 21.1 Å². The summed E-state index contributed by atoms with van der Waals surface area (Å²) in [5.74, 6) is 0.700. The zero-order valence-corrected chi connectivity index (χ0v) is 15.3. The molecule has 0 aromatic heterocycles. The van der Waals surface area contributed by atoms with Crippen LogP contribution in [0.5, 0.6) is 5.75 Å². The van der Waals surface area contributed by atoms with Gasteiger partial charge in [-0.1, -0.05) is 0 Å². The van der Waals surface area contributed by atoms with Gasteiger partial charge in [0.2, 0.25) is 0 Å². The van der Waals surface area contributed by atoms with E-state index in [0.717, 1.165) is 34.9 Å². The highest BCUT2D eigenvalue weighted by Gasteiger charge is 2.23. The van der Waals surface area contributed by atoms with Gasteiger partial charge >= 0.3 is 0 Å². The molecule has 116 valence electrons. The lowest BCUT2D eigenvalue weighted by Gasteiger charge is -2.35. The van der Waals surface area contributed by atoms with Crippen LogP contribution >= 0.6 is 31.9 Å². The van der Waals surface area contributed by atoms with E-state index < -0.39 is 0 Å². The van der Waals surface area contributed by atoms with Crippen molar-refractivity contribution in [3.05, 3.63) is 26.6 Å². The first-order chi connectivity index (χ1) is 10.0. The number of benzene rings is 1. The number of aldehydes is 1. The zero-order chi connectivity index (χ0) is 15.4. The van der Waals surface area contributed by atoms with Gasteiger partial charge in [-0.3, -0.25) is 9.69 Å². The van der Waals surface area contributed by atoms with E-state index in [9.17, 15) is 4.79 Å². The lowest BCUT2D eigenvalue weighted by atomic mass is 10.2. The van der Waals surface area contributed by atoms with E-state index in [4.69, 9.17) is 9.47 Å². The van der Waals surface area contributed by atoms with Gasteiger partial charge in [0, 0.05) is 24.7 Å². The molecule has 1 aromatic rings. The maximum Gasteiger partial charge on any atom is 0.150 e. The van der Waals surface area contributed by atoms with Gasteiger partial charge < -0.3 is 9.47 Å². The molecule has 1 heterocycles. The first kappa shape index (κ1) is 16.9. The van der Waals surface area contributed by atoms with E-state index in [0.29, 0.717) is 24.0 Å². The van der Waals surface area contributed by atoms with Crippen LogP contribution in [0.3, 0.4) is 0 Å². The van der Waals surface area contributed by atoms with Crippen molar-refractivity contribution < 1.29 is 14.3 Å². The average Bonchev–Trinajstić information content (AvgIpc) is 2.46. The normalized spacial score (nSPS) is 19.8. The fourth-order valence-electron chi connectivity index (χ4n) is 2.27. The van der Waals surface area contributed by atoms with Crippen molar-refractivity contribution in [2.45, 2.75) is 26.0 Å². The summed E-state index contributed by atoms with van der Waals surface area (Å²) >= 11 is 6.87. The molecule has 1 atom stereocenters. The number of rotatable bonds is 5. The summed E-state index contributed by atoms with van der Waals surface area (Å²) in [6.07, 6.45) is 0.870. The van der Waals surface area contributed by atoms with E-state index in [1.807, 2.05) is 0 Å². The maximum atomic E-state index is 10.8. The molecule has 0 aliphatic carbocycles. The fourth-order valence-corrected chi connectivity index (χ4v) is 3.72. The highest BCUT2D eigenvalue weighted by atomic mass is 79.9. The van der Waals surface area contributed by atoms with Gasteiger partial charge in [-0.15, -0.1) is 0 Å². The van der Waals surface area contributed by atoms with Gasteiger partial charge in [-0.25, -0.2) is 0 Å². The molecule has 1 aliphatic heterocycles. The summed E-state index contributed by atoms with van der Waals surface area (Å²) in [6.45, 7) is 7.44. The van der Waals surface area contributed by atoms with Crippen LogP contribution in [0.1, 0.15) is 24.2 Å². The Labute approximate surface area is 142 Å². The summed E-state index contributed by atoms with van der Waals surface area (Å²) in [4.78, 5) is 13.2. The number of hydrogen-bond donors (Lipinski definition) is 0. The molecule has 4 nitrogen and oxygen atoms in total. The molecule has 0 spiro atoms. The molecule has 6 heteroatoms. The van der Waals surface area contributed by atoms with Crippen molar-refractivity contribution in [3.63, 3.8) is 0 Å². The molecule has 0 bridgehead atoms. The SMILES string of the molecule is CC(C)N1CCOC(COc2c(Br)cc(C=O)cc2Br)C1. The minimum absolute atomic E-state index is 0.0608. The minimum Gasteiger partial charge on any atom is -0.488 e. The van der Waals surface area contributed by atoms with E-state index in [2.05, 4.69) is 50.6 Å². The predicted molar refractivity (Wildman–Crippen MR) is 89.2 cm³/mol. The monoisotopic (exact) mass is 419 g/mol.